The number of hydrogen-bond donors (Lipinski definition) is 3. The van der Waals surface area contributed by atoms with Gasteiger partial charge < -0.3 is 15.4 Å². The van der Waals surface area contributed by atoms with Crippen LogP contribution in [0, 0.1) is 0 Å². The Morgan fingerprint density at radius 1 is 0.912 bits per heavy atom. The van der Waals surface area contributed by atoms with Gasteiger partial charge in [0.05, 0.1) is 21.9 Å². The standard InChI is InChI=1S/C25H19N7OS/c1-2-5-16(6-3-1)15-33-21-7-4-11-26-23(21)30-25-29-20-10-12-34-22(20)24(31-25)28-18-8-9-19-17(13-18)14-27-32-19/h1-14H,15H2,(H,27,32)(H2,26,28,29,30,31). The Bertz CT molecular complexity index is 1580. The molecular formula is C25H19N7OS. The van der Waals surface area contributed by atoms with Gasteiger partial charge in [-0.15, -0.1) is 11.3 Å². The second kappa shape index (κ2) is 8.80. The SMILES string of the molecule is c1ccc(COc2cccnc2Nc2nc(Nc3ccc4[nH]ncc4c3)c3sccc3n2)cc1. The number of aromatic nitrogens is 5. The summed E-state index contributed by atoms with van der Waals surface area (Å²) in [5, 5.41) is 16.7. The van der Waals surface area contributed by atoms with Crippen molar-refractivity contribution in [2.75, 3.05) is 10.6 Å². The van der Waals surface area contributed by atoms with Crippen LogP contribution in [0.2, 0.25) is 0 Å². The third-order valence-electron chi connectivity index (χ3n) is 5.24. The molecule has 0 amide bonds. The van der Waals surface area contributed by atoms with Gasteiger partial charge in [-0.2, -0.15) is 10.1 Å². The number of fused-ring (bicyclic) bond motifs is 2. The summed E-state index contributed by atoms with van der Waals surface area (Å²) in [6, 6.07) is 21.7. The van der Waals surface area contributed by atoms with Crippen LogP contribution in [0.5, 0.6) is 5.75 Å². The monoisotopic (exact) mass is 465 g/mol. The summed E-state index contributed by atoms with van der Waals surface area (Å²) in [5.41, 5.74) is 3.82. The van der Waals surface area contributed by atoms with E-state index in [1.54, 1.807) is 23.7 Å². The molecule has 4 aromatic heterocycles. The maximum absolute atomic E-state index is 6.02. The first-order valence-electron chi connectivity index (χ1n) is 10.7. The van der Waals surface area contributed by atoms with E-state index in [2.05, 4.69) is 30.8 Å². The van der Waals surface area contributed by atoms with Crippen molar-refractivity contribution in [1.29, 1.82) is 0 Å². The Hall–Kier alpha value is -4.50. The van der Waals surface area contributed by atoms with Crippen LogP contribution in [0.1, 0.15) is 5.56 Å². The Morgan fingerprint density at radius 2 is 1.85 bits per heavy atom. The summed E-state index contributed by atoms with van der Waals surface area (Å²) in [7, 11) is 0. The molecule has 34 heavy (non-hydrogen) atoms. The predicted molar refractivity (Wildman–Crippen MR) is 135 cm³/mol. The Morgan fingerprint density at radius 3 is 2.79 bits per heavy atom. The Balaban J connectivity index is 1.29. The van der Waals surface area contributed by atoms with Crippen molar-refractivity contribution < 1.29 is 4.74 Å². The number of nitrogens with one attached hydrogen (secondary N) is 3. The van der Waals surface area contributed by atoms with Crippen LogP contribution < -0.4 is 15.4 Å². The van der Waals surface area contributed by atoms with E-state index in [0.717, 1.165) is 32.4 Å². The molecule has 0 saturated carbocycles. The molecule has 0 atom stereocenters. The molecule has 0 unspecified atom stereocenters. The normalized spacial score (nSPS) is 11.1. The first kappa shape index (κ1) is 20.1. The van der Waals surface area contributed by atoms with Crippen molar-refractivity contribution >= 4 is 55.7 Å². The van der Waals surface area contributed by atoms with Gasteiger partial charge in [0.2, 0.25) is 5.95 Å². The van der Waals surface area contributed by atoms with E-state index in [9.17, 15) is 0 Å². The Labute approximate surface area is 198 Å². The minimum absolute atomic E-state index is 0.432. The molecule has 8 nitrogen and oxygen atoms in total. The zero-order valence-electron chi connectivity index (χ0n) is 17.9. The molecular weight excluding hydrogens is 446 g/mol. The van der Waals surface area contributed by atoms with E-state index < -0.39 is 0 Å². The summed E-state index contributed by atoms with van der Waals surface area (Å²) in [6.07, 6.45) is 3.51. The van der Waals surface area contributed by atoms with Crippen molar-refractivity contribution in [3.8, 4) is 5.75 Å². The summed E-state index contributed by atoms with van der Waals surface area (Å²) in [4.78, 5) is 13.9. The van der Waals surface area contributed by atoms with Gasteiger partial charge in [0.25, 0.3) is 0 Å². The maximum atomic E-state index is 6.02. The van der Waals surface area contributed by atoms with E-state index in [1.165, 1.54) is 0 Å². The number of hydrogen-bond acceptors (Lipinski definition) is 8. The third kappa shape index (κ3) is 4.12. The molecule has 6 aromatic rings. The largest absolute Gasteiger partial charge is 0.485 e. The zero-order valence-corrected chi connectivity index (χ0v) is 18.7. The first-order valence-corrected chi connectivity index (χ1v) is 11.5. The molecule has 0 aliphatic carbocycles. The van der Waals surface area contributed by atoms with E-state index in [-0.39, 0.29) is 0 Å². The van der Waals surface area contributed by atoms with E-state index in [0.29, 0.717) is 29.9 Å². The first-order chi connectivity index (χ1) is 16.8. The number of aromatic amines is 1. The number of pyridine rings is 1. The van der Waals surface area contributed by atoms with Crippen LogP contribution in [0.15, 0.2) is 84.5 Å². The smallest absolute Gasteiger partial charge is 0.231 e. The molecule has 3 N–H and O–H groups in total. The average molecular weight is 466 g/mol. The molecule has 6 rings (SSSR count). The number of ether oxygens (including phenoxy) is 1. The lowest BCUT2D eigenvalue weighted by Gasteiger charge is -2.13. The minimum Gasteiger partial charge on any atom is -0.485 e. The van der Waals surface area contributed by atoms with Crippen LogP contribution in [-0.2, 0) is 6.61 Å². The number of anilines is 4. The number of H-pyrrole nitrogens is 1. The highest BCUT2D eigenvalue weighted by Gasteiger charge is 2.13. The molecule has 0 aliphatic heterocycles. The molecule has 0 saturated heterocycles. The van der Waals surface area contributed by atoms with Gasteiger partial charge in [0.15, 0.2) is 17.4 Å². The fourth-order valence-electron chi connectivity index (χ4n) is 3.60. The highest BCUT2D eigenvalue weighted by molar-refractivity contribution is 7.17. The van der Waals surface area contributed by atoms with Crippen molar-refractivity contribution in [2.24, 2.45) is 0 Å². The molecule has 166 valence electrons. The molecule has 9 heteroatoms. The molecule has 0 spiro atoms. The van der Waals surface area contributed by atoms with E-state index in [1.807, 2.05) is 72.1 Å². The predicted octanol–water partition coefficient (Wildman–Crippen LogP) is 6.03. The molecule has 2 aromatic carbocycles. The van der Waals surface area contributed by atoms with Gasteiger partial charge in [-0.05, 0) is 47.3 Å². The summed E-state index contributed by atoms with van der Waals surface area (Å²) in [5.74, 6) is 2.33. The lowest BCUT2D eigenvalue weighted by molar-refractivity contribution is 0.307. The van der Waals surface area contributed by atoms with Gasteiger partial charge in [-0.1, -0.05) is 30.3 Å². The summed E-state index contributed by atoms with van der Waals surface area (Å²) >= 11 is 1.59. The van der Waals surface area contributed by atoms with Crippen LogP contribution in [0.3, 0.4) is 0 Å². The molecule has 0 bridgehead atoms. The average Bonchev–Trinajstić information content (AvgIpc) is 3.53. The van der Waals surface area contributed by atoms with Gasteiger partial charge in [-0.3, -0.25) is 5.10 Å². The van der Waals surface area contributed by atoms with E-state index in [4.69, 9.17) is 9.72 Å². The number of nitrogens with zero attached hydrogens (tertiary/aromatic N) is 4. The Kier molecular flexibility index (Phi) is 5.21. The summed E-state index contributed by atoms with van der Waals surface area (Å²) < 4.78 is 7.00. The van der Waals surface area contributed by atoms with Gasteiger partial charge >= 0.3 is 0 Å². The molecule has 4 heterocycles. The molecule has 0 aliphatic rings. The summed E-state index contributed by atoms with van der Waals surface area (Å²) in [6.45, 7) is 0.439. The minimum atomic E-state index is 0.432. The molecule has 0 fully saturated rings. The van der Waals surface area contributed by atoms with Crippen LogP contribution >= 0.6 is 11.3 Å². The van der Waals surface area contributed by atoms with Crippen molar-refractivity contribution in [3.05, 3.63) is 90.1 Å². The fraction of sp³-hybridized carbons (Fsp3) is 0.0400. The maximum Gasteiger partial charge on any atom is 0.231 e. The van der Waals surface area contributed by atoms with Crippen LogP contribution in [0.4, 0.5) is 23.3 Å². The lowest BCUT2D eigenvalue weighted by atomic mass is 10.2. The van der Waals surface area contributed by atoms with Gasteiger partial charge in [0, 0.05) is 17.3 Å². The lowest BCUT2D eigenvalue weighted by Crippen LogP contribution is -2.05. The van der Waals surface area contributed by atoms with Crippen molar-refractivity contribution in [2.45, 2.75) is 6.61 Å². The van der Waals surface area contributed by atoms with Crippen LogP contribution in [0.25, 0.3) is 21.1 Å². The number of rotatable bonds is 7. The molecule has 0 radical (unpaired) electrons. The second-order valence-corrected chi connectivity index (χ2v) is 8.49. The topological polar surface area (TPSA) is 101 Å². The zero-order chi connectivity index (χ0) is 22.7. The van der Waals surface area contributed by atoms with Gasteiger partial charge in [-0.25, -0.2) is 9.97 Å². The van der Waals surface area contributed by atoms with Crippen molar-refractivity contribution in [3.63, 3.8) is 0 Å². The van der Waals surface area contributed by atoms with Crippen LogP contribution in [-0.4, -0.2) is 25.1 Å². The highest BCUT2D eigenvalue weighted by atomic mass is 32.1. The fourth-order valence-corrected chi connectivity index (χ4v) is 4.38. The highest BCUT2D eigenvalue weighted by Crippen LogP contribution is 2.32. The second-order valence-electron chi connectivity index (χ2n) is 7.58. The number of benzene rings is 2. The number of thiophene rings is 1. The van der Waals surface area contributed by atoms with Gasteiger partial charge in [0.1, 0.15) is 6.61 Å². The quantitative estimate of drug-likeness (QED) is 0.265. The van der Waals surface area contributed by atoms with E-state index >= 15 is 0 Å². The van der Waals surface area contributed by atoms with Crippen molar-refractivity contribution in [1.82, 2.24) is 25.1 Å². The third-order valence-corrected chi connectivity index (χ3v) is 6.15.